The highest BCUT2D eigenvalue weighted by Crippen LogP contribution is 2.38. The monoisotopic (exact) mass is 372 g/mol. The quantitative estimate of drug-likeness (QED) is 0.599. The molecule has 0 aromatic carbocycles. The van der Waals surface area contributed by atoms with Crippen LogP contribution in [-0.2, 0) is 0 Å². The van der Waals surface area contributed by atoms with E-state index in [-0.39, 0.29) is 23.7 Å². The molecule has 4 rings (SSSR count). The molecule has 0 atom stereocenters. The second kappa shape index (κ2) is 7.47. The van der Waals surface area contributed by atoms with E-state index < -0.39 is 0 Å². The van der Waals surface area contributed by atoms with Crippen LogP contribution in [0.15, 0.2) is 10.6 Å². The van der Waals surface area contributed by atoms with Crippen molar-refractivity contribution in [1.29, 1.82) is 0 Å². The van der Waals surface area contributed by atoms with Crippen LogP contribution in [-0.4, -0.2) is 64.0 Å². The molecule has 2 heterocycles. The van der Waals surface area contributed by atoms with E-state index in [0.717, 1.165) is 44.6 Å². The first-order valence-corrected chi connectivity index (χ1v) is 9.25. The minimum atomic E-state index is -0.251. The number of carbonyl (C=O) groups excluding carboxylic acids is 1. The van der Waals surface area contributed by atoms with E-state index in [2.05, 4.69) is 40.8 Å². The first-order valence-electron chi connectivity index (χ1n) is 9.25. The van der Waals surface area contributed by atoms with Crippen LogP contribution < -0.4 is 16.0 Å². The number of oxazole rings is 1. The van der Waals surface area contributed by atoms with Gasteiger partial charge in [0.1, 0.15) is 5.82 Å². The van der Waals surface area contributed by atoms with Gasteiger partial charge in [-0.25, -0.2) is 4.98 Å². The molecule has 0 spiro atoms. The maximum absolute atomic E-state index is 12.0. The molecule has 2 aromatic rings. The minimum Gasteiger partial charge on any atom is -0.418 e. The summed E-state index contributed by atoms with van der Waals surface area (Å²) in [6, 6.07) is 0.447. The van der Waals surface area contributed by atoms with Gasteiger partial charge in [-0.2, -0.15) is 15.0 Å². The Balaban J connectivity index is 1.44. The molecule has 27 heavy (non-hydrogen) atoms. The summed E-state index contributed by atoms with van der Waals surface area (Å²) in [5, 5.41) is 9.02. The summed E-state index contributed by atoms with van der Waals surface area (Å²) in [6.45, 7) is 1.59. The molecule has 0 aliphatic heterocycles. The smallest absolute Gasteiger partial charge is 0.302 e. The normalized spacial score (nSPS) is 16.4. The molecule has 0 saturated heterocycles. The van der Waals surface area contributed by atoms with Gasteiger partial charge in [0.25, 0.3) is 5.91 Å². The van der Waals surface area contributed by atoms with E-state index >= 15 is 0 Å². The minimum absolute atomic E-state index is 0.171. The van der Waals surface area contributed by atoms with Gasteiger partial charge in [0.2, 0.25) is 17.7 Å². The standard InChI is InChI=1S/C17H24N8O2/c1-25(2)8-7-18-15-21-13(10-3-4-10)22-16(23-15)24-17-19-9-12(27-17)14(26)20-11-5-6-11/h9-11H,3-8H2,1-2H3,(H,20,26)(H2,18,19,21,22,23,24). The highest BCUT2D eigenvalue weighted by atomic mass is 16.4. The number of anilines is 3. The van der Waals surface area contributed by atoms with Crippen LogP contribution in [0, 0.1) is 0 Å². The molecule has 3 N–H and O–H groups in total. The second-order valence-electron chi connectivity index (χ2n) is 7.25. The van der Waals surface area contributed by atoms with Gasteiger partial charge >= 0.3 is 6.01 Å². The van der Waals surface area contributed by atoms with Crippen LogP contribution in [0.25, 0.3) is 0 Å². The summed E-state index contributed by atoms with van der Waals surface area (Å²) >= 11 is 0. The van der Waals surface area contributed by atoms with Crippen molar-refractivity contribution in [3.8, 4) is 0 Å². The number of nitrogens with one attached hydrogen (secondary N) is 3. The van der Waals surface area contributed by atoms with Gasteiger partial charge in [0.15, 0.2) is 0 Å². The van der Waals surface area contributed by atoms with Gasteiger partial charge in [-0.05, 0) is 39.8 Å². The zero-order chi connectivity index (χ0) is 18.8. The Bertz CT molecular complexity index is 813. The fraction of sp³-hybridized carbons (Fsp3) is 0.588. The van der Waals surface area contributed by atoms with Gasteiger partial charge < -0.3 is 20.0 Å². The van der Waals surface area contributed by atoms with Gasteiger partial charge in [-0.3, -0.25) is 10.1 Å². The van der Waals surface area contributed by atoms with Crippen LogP contribution in [0.4, 0.5) is 17.9 Å². The first kappa shape index (κ1) is 17.7. The lowest BCUT2D eigenvalue weighted by molar-refractivity contribution is 0.0924. The Kier molecular flexibility index (Phi) is 4.88. The molecule has 2 aromatic heterocycles. The number of hydrogen-bond acceptors (Lipinski definition) is 9. The Morgan fingerprint density at radius 3 is 2.67 bits per heavy atom. The predicted molar refractivity (Wildman–Crippen MR) is 99.1 cm³/mol. The summed E-state index contributed by atoms with van der Waals surface area (Å²) in [4.78, 5) is 31.5. The van der Waals surface area contributed by atoms with Gasteiger partial charge in [-0.1, -0.05) is 0 Å². The predicted octanol–water partition coefficient (Wildman–Crippen LogP) is 1.35. The highest BCUT2D eigenvalue weighted by Gasteiger charge is 2.28. The number of rotatable bonds is 9. The Morgan fingerprint density at radius 2 is 1.96 bits per heavy atom. The zero-order valence-corrected chi connectivity index (χ0v) is 15.5. The van der Waals surface area contributed by atoms with Crippen molar-refractivity contribution >= 4 is 23.8 Å². The first-order chi connectivity index (χ1) is 13.1. The van der Waals surface area contributed by atoms with E-state index in [9.17, 15) is 4.79 Å². The summed E-state index contributed by atoms with van der Waals surface area (Å²) in [6.07, 6.45) is 5.61. The van der Waals surface area contributed by atoms with Crippen molar-refractivity contribution in [1.82, 2.24) is 30.2 Å². The molecule has 10 nitrogen and oxygen atoms in total. The molecule has 2 aliphatic carbocycles. The van der Waals surface area contributed by atoms with Crippen LogP contribution in [0.1, 0.15) is 48.0 Å². The molecular weight excluding hydrogens is 348 g/mol. The Labute approximate surface area is 157 Å². The molecule has 2 saturated carbocycles. The van der Waals surface area contributed by atoms with Crippen molar-refractivity contribution in [2.75, 3.05) is 37.8 Å². The van der Waals surface area contributed by atoms with Crippen LogP contribution in [0.2, 0.25) is 0 Å². The van der Waals surface area contributed by atoms with E-state index in [0.29, 0.717) is 17.8 Å². The van der Waals surface area contributed by atoms with E-state index in [4.69, 9.17) is 4.42 Å². The molecule has 0 bridgehead atoms. The van der Waals surface area contributed by atoms with Gasteiger partial charge in [0.05, 0.1) is 6.20 Å². The van der Waals surface area contributed by atoms with E-state index in [1.807, 2.05) is 14.1 Å². The van der Waals surface area contributed by atoms with Crippen LogP contribution >= 0.6 is 0 Å². The largest absolute Gasteiger partial charge is 0.418 e. The summed E-state index contributed by atoms with van der Waals surface area (Å²) in [5.74, 6) is 1.94. The highest BCUT2D eigenvalue weighted by molar-refractivity contribution is 5.91. The fourth-order valence-electron chi connectivity index (χ4n) is 2.46. The van der Waals surface area contributed by atoms with Crippen molar-refractivity contribution in [3.05, 3.63) is 17.8 Å². The van der Waals surface area contributed by atoms with Crippen LogP contribution in [0.3, 0.4) is 0 Å². The maximum Gasteiger partial charge on any atom is 0.302 e. The molecule has 10 heteroatoms. The average Bonchev–Trinajstić information content (AvgIpc) is 3.54. The molecule has 0 unspecified atom stereocenters. The van der Waals surface area contributed by atoms with Crippen molar-refractivity contribution in [2.24, 2.45) is 0 Å². The molecule has 0 radical (unpaired) electrons. The Morgan fingerprint density at radius 1 is 1.19 bits per heavy atom. The van der Waals surface area contributed by atoms with Crippen molar-refractivity contribution in [3.63, 3.8) is 0 Å². The number of carbonyl (C=O) groups is 1. The van der Waals surface area contributed by atoms with E-state index in [1.54, 1.807) is 0 Å². The third kappa shape index (κ3) is 4.91. The van der Waals surface area contributed by atoms with E-state index in [1.165, 1.54) is 6.20 Å². The van der Waals surface area contributed by atoms with Gasteiger partial charge in [-0.15, -0.1) is 0 Å². The number of aromatic nitrogens is 4. The second-order valence-corrected chi connectivity index (χ2v) is 7.25. The summed E-state index contributed by atoms with van der Waals surface area (Å²) in [7, 11) is 4.02. The average molecular weight is 372 g/mol. The number of likely N-dealkylation sites (N-methyl/N-ethyl adjacent to an activating group) is 1. The topological polar surface area (TPSA) is 121 Å². The third-order valence-electron chi connectivity index (χ3n) is 4.30. The SMILES string of the molecule is CN(C)CCNc1nc(Nc2ncc(C(=O)NC3CC3)o2)nc(C2CC2)n1. The molecule has 2 fully saturated rings. The van der Waals surface area contributed by atoms with Gasteiger partial charge in [0, 0.05) is 25.0 Å². The van der Waals surface area contributed by atoms with Crippen LogP contribution in [0.5, 0.6) is 0 Å². The lowest BCUT2D eigenvalue weighted by atomic mass is 10.4. The Hall–Kier alpha value is -2.75. The maximum atomic E-state index is 12.0. The van der Waals surface area contributed by atoms with Crippen molar-refractivity contribution in [2.45, 2.75) is 37.6 Å². The number of nitrogens with zero attached hydrogens (tertiary/aromatic N) is 5. The summed E-state index contributed by atoms with van der Waals surface area (Å²) in [5.41, 5.74) is 0. The zero-order valence-electron chi connectivity index (χ0n) is 15.5. The fourth-order valence-corrected chi connectivity index (χ4v) is 2.46. The lowest BCUT2D eigenvalue weighted by Crippen LogP contribution is -2.24. The third-order valence-corrected chi connectivity index (χ3v) is 4.30. The lowest BCUT2D eigenvalue weighted by Gasteiger charge is -2.11. The molecule has 1 amide bonds. The number of amides is 1. The molecular formula is C17H24N8O2. The molecule has 144 valence electrons. The van der Waals surface area contributed by atoms with Crippen molar-refractivity contribution < 1.29 is 9.21 Å². The summed E-state index contributed by atoms with van der Waals surface area (Å²) < 4.78 is 5.48. The molecule has 2 aliphatic rings. The number of hydrogen-bond donors (Lipinski definition) is 3.